The van der Waals surface area contributed by atoms with Gasteiger partial charge in [0, 0.05) is 55.0 Å². The number of phenolic OH excluding ortho intramolecular Hbond substituents is 4. The van der Waals surface area contributed by atoms with Crippen molar-refractivity contribution in [3.8, 4) is 80.1 Å². The summed E-state index contributed by atoms with van der Waals surface area (Å²) >= 11 is 14.9. The fourth-order valence-corrected chi connectivity index (χ4v) is 18.8. The molecule has 9 amide bonds. The first kappa shape index (κ1) is 112. The van der Waals surface area contributed by atoms with Gasteiger partial charge in [0.25, 0.3) is 0 Å². The molecule has 7 aromatic rings. The van der Waals surface area contributed by atoms with E-state index in [0.29, 0.717) is 18.8 Å². The largest absolute Gasteiger partial charge is 0.508 e. The standard InChI is InChI=1S/C97H113Cl2N10O39P/c1-38(2)11-9-7-6-8-10-12-65(117)103-75-81(124)79(122)64(37-139-67(119)34-97(4,5)33-66(118)104-96(135)149(136,137)138)146-94(75)148-85-60-28-45-29-61(85)142-57-20-16-43(26-52(57)99)84(147-93-74(101-39(3)112)80(123)77(120)62(35-110)144-93)76-91(132)108-73(92(133)134)50-31-47(114)32-59(143-95-83(126)82(125)78(121)63(36-111)145-95)68(50)49-25-42(15-17-54(49)115)70(88(129)109-76)106-90(131)72(45)107-89(130)71-44-23-46(113)30-48(24-44)140-58-27-41(14-18-55(58)116)69(100)87(128)102-53(86(127)105-71)22-40-13-19-56(141-60)51(98)21-40/h13-21,23-32,38,53,62-64,69-84,93-96,110-111,113-116,120-126,135H,6-12,22,33-37,100H2,1-5H3,(H,101,112)(H,102,128)(H,103,117)(H,104,118)(H,105,127)(H,106,131)(H,107,130)(H,108,132)(H,109,129)(H,133,134)(H2,136,137,138)/t53-,62-,63-,64-,69-,70-,71+,72-,73-,74-,75-,76+,77-,78-,79-,80-,81-,82+,83+,84-,93+,94+,95+,96?/m1/s1. The summed E-state index contributed by atoms with van der Waals surface area (Å²) in [6.45, 7) is 4.59. The third-order valence-corrected chi connectivity index (χ3v) is 27.1. The first-order valence-electron chi connectivity index (χ1n) is 47.1. The minimum atomic E-state index is -5.29. The number of aliphatic hydroxyl groups excluding tert-OH is 10. The van der Waals surface area contributed by atoms with E-state index >= 15 is 24.0 Å². The molecule has 0 spiro atoms. The molecule has 3 fully saturated rings. The van der Waals surface area contributed by atoms with E-state index in [-0.39, 0.29) is 29.0 Å². The van der Waals surface area contributed by atoms with Gasteiger partial charge in [-0.1, -0.05) is 107 Å². The number of halogens is 2. The van der Waals surface area contributed by atoms with Crippen LogP contribution in [0.2, 0.25) is 10.0 Å². The Bertz CT molecular complexity index is 6280. The zero-order valence-electron chi connectivity index (χ0n) is 80.0. The maximum absolute atomic E-state index is 17.2. The number of esters is 1. The maximum atomic E-state index is 17.2. The van der Waals surface area contributed by atoms with E-state index in [0.717, 1.165) is 117 Å². The normalized spacial score (nSPS) is 27.3. The number of nitrogens with one attached hydrogen (secondary N) is 9. The lowest BCUT2D eigenvalue weighted by Gasteiger charge is -2.44. The second kappa shape index (κ2) is 47.1. The number of carbonyl (C=O) groups excluding carboxylic acids is 10. The van der Waals surface area contributed by atoms with Crippen LogP contribution >= 0.6 is 30.8 Å². The monoisotopic (exact) mass is 2140 g/mol. The molecule has 0 aromatic heterocycles. The lowest BCUT2D eigenvalue weighted by atomic mass is 9.85. The molecule has 16 rings (SSSR count). The number of benzene rings is 7. The minimum absolute atomic E-state index is 0.00984. The van der Waals surface area contributed by atoms with Crippen LogP contribution < -0.4 is 77.3 Å². The number of fused-ring (bicyclic) bond motifs is 14. The molecule has 7 aromatic carbocycles. The van der Waals surface area contributed by atoms with Gasteiger partial charge in [-0.05, 0) is 130 Å². The number of aromatic hydroxyl groups is 4. The van der Waals surface area contributed by atoms with Gasteiger partial charge in [-0.25, -0.2) is 4.79 Å². The number of hydrogen-bond acceptors (Lipinski definition) is 37. The Morgan fingerprint density at radius 3 is 1.74 bits per heavy atom. The molecule has 804 valence electrons. The SMILES string of the molecule is CC(=O)N[C@H]1[C@H](O[C@@H]2c3ccc(c(Cl)c3)Oc3cc4cc(c3O[C@@H]3O[C@H](COC(=O)CC(C)(C)CC(=O)NC(O)P(=O)(O)O)[C@@H](O)[C@H](O)[C@H]3NC(=O)CCCCCCCC(C)C)Oc3ccc(cc3Cl)C[C@H]3NC(=O)[C@H](N)c5ccc(O)c(c5)Oc5cc(O)cc(c5)[C@H](NC3=O)C(=O)N[C@H]4C(=O)N[C@H]3C(=O)N[C@@H]2C(=O)N[C@@H](C(=O)O)c2cc(O)cc(O[C@H]4O[C@H](CO)[C@@H](O)[C@H](O)[C@@H]4O)c2-c2cc3ccc2O)O[C@H](CO)[C@@H](O)[C@@H]1O. The van der Waals surface area contributed by atoms with Crippen LogP contribution in [0.3, 0.4) is 0 Å². The molecule has 0 saturated carbocycles. The number of phenols is 4. The number of hydrogen-bond donors (Lipinski definition) is 27. The number of carboxylic acids is 1. The van der Waals surface area contributed by atoms with Gasteiger partial charge in [0.05, 0.1) is 29.7 Å². The minimum Gasteiger partial charge on any atom is -0.508 e. The van der Waals surface area contributed by atoms with Crippen molar-refractivity contribution in [1.29, 1.82) is 0 Å². The third-order valence-electron chi connectivity index (χ3n) is 25.7. The van der Waals surface area contributed by atoms with E-state index in [1.165, 1.54) is 38.1 Å². The molecule has 52 heteroatoms. The van der Waals surface area contributed by atoms with E-state index in [2.05, 4.69) is 56.4 Å². The summed E-state index contributed by atoms with van der Waals surface area (Å²) in [6.07, 6.45) is -28.2. The maximum Gasteiger partial charge on any atom is 0.374 e. The molecule has 149 heavy (non-hydrogen) atoms. The van der Waals surface area contributed by atoms with Crippen LogP contribution in [-0.2, 0) is 87.4 Å². The van der Waals surface area contributed by atoms with Gasteiger partial charge >= 0.3 is 19.5 Å². The summed E-state index contributed by atoms with van der Waals surface area (Å²) in [5, 5.41) is 193. The second-order valence-electron chi connectivity index (χ2n) is 38.1. The molecule has 9 aliphatic heterocycles. The molecule has 17 bridgehead atoms. The Kier molecular flexibility index (Phi) is 35.3. The number of aliphatic carboxylic acids is 1. The number of ether oxygens (including phenoxy) is 10. The summed E-state index contributed by atoms with van der Waals surface area (Å²) in [5.74, 6) is -25.3. The molecule has 24 atom stereocenters. The average Bonchev–Trinajstić information content (AvgIpc) is 0.755. The Labute approximate surface area is 857 Å². The van der Waals surface area contributed by atoms with Crippen molar-refractivity contribution >= 4 is 95.9 Å². The van der Waals surface area contributed by atoms with Gasteiger partial charge in [0.1, 0.15) is 162 Å². The van der Waals surface area contributed by atoms with Crippen LogP contribution in [-0.4, -0.2) is 281 Å². The number of nitrogens with two attached hydrogens (primary N) is 1. The number of unbranched alkanes of at least 4 members (excludes halogenated alkanes) is 4. The van der Waals surface area contributed by atoms with Crippen LogP contribution in [0.1, 0.15) is 168 Å². The summed E-state index contributed by atoms with van der Waals surface area (Å²) in [7, 11) is -5.29. The molecule has 9 aliphatic rings. The quantitative estimate of drug-likeness (QED) is 0.0149. The highest BCUT2D eigenvalue weighted by Gasteiger charge is 2.53. The predicted octanol–water partition coefficient (Wildman–Crippen LogP) is 1.34. The van der Waals surface area contributed by atoms with Crippen LogP contribution in [0.15, 0.2) is 115 Å². The molecule has 0 radical (unpaired) electrons. The summed E-state index contributed by atoms with van der Waals surface area (Å²) in [4.78, 5) is 186. The molecule has 3 saturated heterocycles. The van der Waals surface area contributed by atoms with Gasteiger partial charge in [-0.2, -0.15) is 0 Å². The highest BCUT2D eigenvalue weighted by atomic mass is 35.5. The van der Waals surface area contributed by atoms with Crippen molar-refractivity contribution in [3.63, 3.8) is 0 Å². The average molecular weight is 2140 g/mol. The second-order valence-corrected chi connectivity index (χ2v) is 40.6. The van der Waals surface area contributed by atoms with E-state index in [1.54, 1.807) is 5.32 Å². The molecule has 49 nitrogen and oxygen atoms in total. The van der Waals surface area contributed by atoms with Crippen molar-refractivity contribution in [2.45, 2.75) is 245 Å². The van der Waals surface area contributed by atoms with E-state index < -0.39 is 377 Å². The third kappa shape index (κ3) is 26.2. The molecular formula is C97H113Cl2N10O39P. The van der Waals surface area contributed by atoms with Crippen molar-refractivity contribution < 1.29 is 191 Å². The Morgan fingerprint density at radius 1 is 0.537 bits per heavy atom. The fraction of sp³-hybridized carbons (Fsp3) is 0.454. The lowest BCUT2D eigenvalue weighted by molar-refractivity contribution is -0.284. The highest BCUT2D eigenvalue weighted by Crippen LogP contribution is 2.52. The summed E-state index contributed by atoms with van der Waals surface area (Å²) in [5.41, 5.74) is 0.910. The number of amides is 9. The molecule has 9 heterocycles. The number of carbonyl (C=O) groups is 11. The van der Waals surface area contributed by atoms with Crippen molar-refractivity contribution in [1.82, 2.24) is 47.9 Å². The van der Waals surface area contributed by atoms with Crippen molar-refractivity contribution in [2.75, 3.05) is 19.8 Å². The van der Waals surface area contributed by atoms with Crippen molar-refractivity contribution in [2.24, 2.45) is 17.1 Å². The topological polar surface area (TPSA) is 775 Å². The van der Waals surface area contributed by atoms with Gasteiger partial charge in [-0.3, -0.25) is 52.5 Å². The molecular weight excluding hydrogens is 2030 g/mol. The smallest absolute Gasteiger partial charge is 0.374 e. The first-order chi connectivity index (χ1) is 70.4. The van der Waals surface area contributed by atoms with Crippen molar-refractivity contribution in [3.05, 3.63) is 164 Å². The van der Waals surface area contributed by atoms with Crippen LogP contribution in [0.25, 0.3) is 11.1 Å². The molecule has 0 aliphatic carbocycles. The highest BCUT2D eigenvalue weighted by molar-refractivity contribution is 7.52. The summed E-state index contributed by atoms with van der Waals surface area (Å²) < 4.78 is 75.6. The number of carboxylic acid groups (broad SMARTS) is 1. The Hall–Kier alpha value is -13.0. The lowest BCUT2D eigenvalue weighted by Crippen LogP contribution is -2.65. The van der Waals surface area contributed by atoms with Gasteiger partial charge in [0.2, 0.25) is 77.5 Å². The number of rotatable bonds is 27. The first-order valence-corrected chi connectivity index (χ1v) is 49.5. The molecule has 1 unspecified atom stereocenters. The predicted molar refractivity (Wildman–Crippen MR) is 511 cm³/mol. The number of aliphatic hydroxyl groups is 10. The van der Waals surface area contributed by atoms with Crippen LogP contribution in [0, 0.1) is 11.3 Å². The van der Waals surface area contributed by atoms with E-state index in [4.69, 9.17) is 76.3 Å². The zero-order valence-corrected chi connectivity index (χ0v) is 82.4. The Balaban J connectivity index is 1.02. The van der Waals surface area contributed by atoms with Crippen LogP contribution in [0.5, 0.6) is 69.0 Å². The zero-order chi connectivity index (χ0) is 108. The van der Waals surface area contributed by atoms with E-state index in [9.17, 15) is 120 Å². The fourth-order valence-electron chi connectivity index (χ4n) is 18.0. The van der Waals surface area contributed by atoms with Gasteiger partial charge < -0.3 is 187 Å². The summed E-state index contributed by atoms with van der Waals surface area (Å²) in [6, 6.07) is -0.783. The van der Waals surface area contributed by atoms with Gasteiger partial charge in [-0.15, -0.1) is 0 Å². The Morgan fingerprint density at radius 2 is 1.10 bits per heavy atom. The molecule has 28 N–H and O–H groups in total. The van der Waals surface area contributed by atoms with E-state index in [1.807, 2.05) is 0 Å². The van der Waals surface area contributed by atoms with Crippen LogP contribution in [0.4, 0.5) is 0 Å². The van der Waals surface area contributed by atoms with Gasteiger partial charge in [0.15, 0.2) is 35.3 Å².